The predicted octanol–water partition coefficient (Wildman–Crippen LogP) is 1.51. The number of ketones is 2. The molecule has 3 atom stereocenters. The number of aliphatic hydroxyl groups is 2. The van der Waals surface area contributed by atoms with Gasteiger partial charge < -0.3 is 19.5 Å². The van der Waals surface area contributed by atoms with E-state index in [1.165, 1.54) is 11.0 Å². The maximum absolute atomic E-state index is 13.5. The molecular formula is C24H21NO7S. The van der Waals surface area contributed by atoms with Crippen molar-refractivity contribution in [3.8, 4) is 0 Å². The van der Waals surface area contributed by atoms with Gasteiger partial charge in [0.15, 0.2) is 15.6 Å². The molecule has 33 heavy (non-hydrogen) atoms. The van der Waals surface area contributed by atoms with Crippen LogP contribution >= 0.6 is 0 Å². The van der Waals surface area contributed by atoms with Gasteiger partial charge in [0.2, 0.25) is 11.6 Å². The van der Waals surface area contributed by atoms with Gasteiger partial charge in [-0.15, -0.1) is 0 Å². The third-order valence-corrected chi connectivity index (χ3v) is 10.0. The topological polar surface area (TPSA) is 125 Å². The van der Waals surface area contributed by atoms with E-state index in [1.807, 2.05) is 6.92 Å². The smallest absolute Gasteiger partial charge is 0.228 e. The number of hydrogen-bond acceptors (Lipinski definition) is 8. The lowest BCUT2D eigenvalue weighted by Crippen LogP contribution is -2.45. The van der Waals surface area contributed by atoms with E-state index >= 15 is 0 Å². The molecule has 1 aromatic carbocycles. The van der Waals surface area contributed by atoms with Crippen molar-refractivity contribution in [3.05, 3.63) is 68.1 Å². The molecule has 1 saturated heterocycles. The molecule has 170 valence electrons. The van der Waals surface area contributed by atoms with Crippen molar-refractivity contribution < 1.29 is 32.6 Å². The first-order valence-electron chi connectivity index (χ1n) is 11.1. The van der Waals surface area contributed by atoms with Crippen LogP contribution in [0.25, 0.3) is 0 Å². The van der Waals surface area contributed by atoms with Gasteiger partial charge >= 0.3 is 0 Å². The summed E-state index contributed by atoms with van der Waals surface area (Å²) in [5.74, 6) is -1.12. The second kappa shape index (κ2) is 5.65. The number of aliphatic hydroxyl groups excluding tert-OH is 1. The minimum atomic E-state index is -3.95. The zero-order valence-electron chi connectivity index (χ0n) is 17.8. The van der Waals surface area contributed by atoms with E-state index in [2.05, 4.69) is 0 Å². The average molecular weight is 467 g/mol. The summed E-state index contributed by atoms with van der Waals surface area (Å²) in [6.45, 7) is 2.05. The molecular weight excluding hydrogens is 446 g/mol. The van der Waals surface area contributed by atoms with Gasteiger partial charge in [0, 0.05) is 40.6 Å². The average Bonchev–Trinajstić information content (AvgIpc) is 3.31. The second-order valence-electron chi connectivity index (χ2n) is 9.99. The van der Waals surface area contributed by atoms with Crippen molar-refractivity contribution >= 4 is 21.4 Å². The fourth-order valence-corrected chi connectivity index (χ4v) is 8.40. The van der Waals surface area contributed by atoms with Crippen LogP contribution < -0.4 is 0 Å². The van der Waals surface area contributed by atoms with Crippen LogP contribution in [0.5, 0.6) is 0 Å². The predicted molar refractivity (Wildman–Crippen MR) is 114 cm³/mol. The summed E-state index contributed by atoms with van der Waals surface area (Å²) < 4.78 is 31.5. The van der Waals surface area contributed by atoms with Crippen LogP contribution in [0.1, 0.15) is 74.9 Å². The number of hydrogen-bond donors (Lipinski definition) is 2. The van der Waals surface area contributed by atoms with E-state index in [4.69, 9.17) is 4.42 Å². The van der Waals surface area contributed by atoms with Gasteiger partial charge in [-0.05, 0) is 36.5 Å². The molecule has 0 spiro atoms. The molecule has 1 aromatic heterocycles. The minimum Gasteiger partial charge on any atom is -0.460 e. The molecule has 0 amide bonds. The standard InChI is InChI=1S/C24H21NO7S/c1-23-4-2-3-11-10-32-20(17(11)23)18(27)12-7-13-15(8-14(12)23)24(29)9-16(26)25-5-6-33(30,31)21(19(13)28)22(24)25/h7-8,10,16,26,29H,2-6,9H2,1H3/t16-,23-,24+/m0/s1. The quantitative estimate of drug-likeness (QED) is 0.597. The molecule has 0 bridgehead atoms. The summed E-state index contributed by atoms with van der Waals surface area (Å²) in [6.07, 6.45) is 2.87. The van der Waals surface area contributed by atoms with Gasteiger partial charge in [0.05, 0.1) is 17.7 Å². The van der Waals surface area contributed by atoms with Crippen LogP contribution in [-0.2, 0) is 27.3 Å². The van der Waals surface area contributed by atoms with Gasteiger partial charge in [-0.2, -0.15) is 0 Å². The molecule has 0 unspecified atom stereocenters. The number of aryl methyl sites for hydroxylation is 1. The van der Waals surface area contributed by atoms with Crippen LogP contribution in [0.4, 0.5) is 0 Å². The molecule has 2 aliphatic heterocycles. The molecule has 7 rings (SSSR count). The number of carbonyl (C=O) groups excluding carboxylic acids is 2. The first-order valence-corrected chi connectivity index (χ1v) is 12.8. The molecule has 3 heterocycles. The lowest BCUT2D eigenvalue weighted by Gasteiger charge is -2.42. The number of benzene rings is 1. The van der Waals surface area contributed by atoms with Gasteiger partial charge in [-0.1, -0.05) is 13.0 Å². The van der Waals surface area contributed by atoms with Gasteiger partial charge in [-0.25, -0.2) is 8.42 Å². The number of fused-ring (bicyclic) bond motifs is 4. The number of Topliss-reactive ketones (excluding diaryl/α,β-unsaturated/α-hetero) is 1. The minimum absolute atomic E-state index is 0.00230. The molecule has 8 nitrogen and oxygen atoms in total. The van der Waals surface area contributed by atoms with Gasteiger partial charge in [-0.3, -0.25) is 9.59 Å². The Hall–Kier alpha value is -2.75. The Morgan fingerprint density at radius 2 is 1.91 bits per heavy atom. The number of nitrogens with zero attached hydrogens (tertiary/aromatic N) is 1. The van der Waals surface area contributed by atoms with E-state index in [-0.39, 0.29) is 47.1 Å². The molecule has 9 heteroatoms. The lowest BCUT2D eigenvalue weighted by atomic mass is 9.61. The Labute approximate surface area is 189 Å². The second-order valence-corrected chi connectivity index (χ2v) is 12.0. The number of allylic oxidation sites excluding steroid dienone is 1. The first kappa shape index (κ1) is 19.7. The number of carbonyl (C=O) groups is 2. The van der Waals surface area contributed by atoms with Crippen LogP contribution in [0.3, 0.4) is 0 Å². The molecule has 3 aliphatic carbocycles. The first-order chi connectivity index (χ1) is 15.6. The highest BCUT2D eigenvalue weighted by Gasteiger charge is 2.59. The Kier molecular flexibility index (Phi) is 3.37. The van der Waals surface area contributed by atoms with E-state index < -0.39 is 37.8 Å². The Morgan fingerprint density at radius 3 is 2.70 bits per heavy atom. The monoisotopic (exact) mass is 467 g/mol. The largest absolute Gasteiger partial charge is 0.460 e. The summed E-state index contributed by atoms with van der Waals surface area (Å²) in [7, 11) is -3.95. The summed E-state index contributed by atoms with van der Waals surface area (Å²) >= 11 is 0. The highest BCUT2D eigenvalue weighted by atomic mass is 32.2. The van der Waals surface area contributed by atoms with Crippen molar-refractivity contribution in [2.45, 2.75) is 49.9 Å². The Morgan fingerprint density at radius 1 is 1.15 bits per heavy atom. The molecule has 5 aliphatic rings. The summed E-state index contributed by atoms with van der Waals surface area (Å²) in [5, 5.41) is 22.5. The third-order valence-electron chi connectivity index (χ3n) is 8.29. The van der Waals surface area contributed by atoms with E-state index in [0.29, 0.717) is 11.1 Å². The Bertz CT molecular complexity index is 1480. The number of rotatable bonds is 0. The van der Waals surface area contributed by atoms with Crippen molar-refractivity contribution in [2.75, 3.05) is 12.3 Å². The number of furan rings is 1. The van der Waals surface area contributed by atoms with Crippen LogP contribution in [-0.4, -0.2) is 53.6 Å². The van der Waals surface area contributed by atoms with Crippen molar-refractivity contribution in [3.63, 3.8) is 0 Å². The molecule has 0 saturated carbocycles. The molecule has 0 radical (unpaired) electrons. The highest BCUT2D eigenvalue weighted by Crippen LogP contribution is 2.56. The number of sulfone groups is 1. The van der Waals surface area contributed by atoms with Gasteiger partial charge in [0.25, 0.3) is 0 Å². The fourth-order valence-electron chi connectivity index (χ4n) is 6.79. The van der Waals surface area contributed by atoms with E-state index in [1.54, 1.807) is 12.3 Å². The van der Waals surface area contributed by atoms with Gasteiger partial charge in [0.1, 0.15) is 16.7 Å². The SMILES string of the molecule is C[C@@]12CCCc3coc(c31)C(=O)c1cc3c(cc12)[C@]1(O)C[C@H](O)N2CCS(=O)(=O)C(=C21)C3=O. The zero-order valence-corrected chi connectivity index (χ0v) is 18.7. The summed E-state index contributed by atoms with van der Waals surface area (Å²) in [6, 6.07) is 3.13. The molecule has 2 aromatic rings. The molecule has 2 N–H and O–H groups in total. The maximum Gasteiger partial charge on any atom is 0.228 e. The van der Waals surface area contributed by atoms with Crippen molar-refractivity contribution in [2.24, 2.45) is 0 Å². The Balaban J connectivity index is 1.55. The third kappa shape index (κ3) is 2.08. The van der Waals surface area contributed by atoms with Crippen molar-refractivity contribution in [1.82, 2.24) is 4.90 Å². The van der Waals surface area contributed by atoms with Crippen LogP contribution in [0.15, 0.2) is 33.4 Å². The van der Waals surface area contributed by atoms with E-state index in [0.717, 1.165) is 30.4 Å². The zero-order chi connectivity index (χ0) is 23.1. The summed E-state index contributed by atoms with van der Waals surface area (Å²) in [5.41, 5.74) is 0.749. The fraction of sp³-hybridized carbons (Fsp3) is 0.417. The van der Waals surface area contributed by atoms with Crippen LogP contribution in [0.2, 0.25) is 0 Å². The molecule has 1 fully saturated rings. The normalized spacial score (nSPS) is 32.9. The maximum atomic E-state index is 13.5. The van der Waals surface area contributed by atoms with Crippen LogP contribution in [0, 0.1) is 0 Å². The lowest BCUT2D eigenvalue weighted by molar-refractivity contribution is 0.0340. The van der Waals surface area contributed by atoms with E-state index in [9.17, 15) is 28.2 Å². The highest BCUT2D eigenvalue weighted by molar-refractivity contribution is 7.96. The van der Waals surface area contributed by atoms with Crippen molar-refractivity contribution in [1.29, 1.82) is 0 Å². The summed E-state index contributed by atoms with van der Waals surface area (Å²) in [4.78, 5) is 27.9.